The number of benzene rings is 2. The molecular formula is C24H31N2O3+. The van der Waals surface area contributed by atoms with Crippen molar-refractivity contribution in [2.45, 2.75) is 32.4 Å². The molecule has 5 nitrogen and oxygen atoms in total. The molecule has 1 heterocycles. The quantitative estimate of drug-likeness (QED) is 0.676. The molecule has 5 heteroatoms. The van der Waals surface area contributed by atoms with E-state index in [-0.39, 0.29) is 5.91 Å². The van der Waals surface area contributed by atoms with Crippen LogP contribution in [-0.4, -0.2) is 33.2 Å². The fourth-order valence-corrected chi connectivity index (χ4v) is 3.74. The number of carbonyl (C=O) groups excluding carboxylic acids is 1. The third-order valence-corrected chi connectivity index (χ3v) is 5.37. The van der Waals surface area contributed by atoms with Gasteiger partial charge in [0.2, 0.25) is 5.91 Å². The molecule has 29 heavy (non-hydrogen) atoms. The Labute approximate surface area is 173 Å². The van der Waals surface area contributed by atoms with Crippen molar-refractivity contribution in [2.75, 3.05) is 27.3 Å². The number of likely N-dealkylation sites (tertiary alicyclic amines) is 1. The van der Waals surface area contributed by atoms with E-state index in [1.165, 1.54) is 43.5 Å². The number of amides is 1. The van der Waals surface area contributed by atoms with E-state index in [1.54, 1.807) is 37.3 Å². The topological polar surface area (TPSA) is 52.0 Å². The van der Waals surface area contributed by atoms with Gasteiger partial charge in [0.1, 0.15) is 18.0 Å². The third kappa shape index (κ3) is 6.36. The Bertz CT molecular complexity index is 820. The molecule has 154 valence electrons. The van der Waals surface area contributed by atoms with E-state index in [9.17, 15) is 4.79 Å². The number of quaternary nitrogens is 1. The summed E-state index contributed by atoms with van der Waals surface area (Å²) in [5.41, 5.74) is 3.37. The molecule has 1 aliphatic heterocycles. The molecule has 0 aromatic heterocycles. The van der Waals surface area contributed by atoms with E-state index < -0.39 is 0 Å². The monoisotopic (exact) mass is 395 g/mol. The van der Waals surface area contributed by atoms with Gasteiger partial charge >= 0.3 is 0 Å². The van der Waals surface area contributed by atoms with Crippen LogP contribution in [0.1, 0.15) is 36.0 Å². The van der Waals surface area contributed by atoms with Crippen LogP contribution in [0.15, 0.2) is 48.5 Å². The summed E-state index contributed by atoms with van der Waals surface area (Å²) in [7, 11) is 3.22. The Hall–Kier alpha value is -2.79. The van der Waals surface area contributed by atoms with Crippen molar-refractivity contribution in [1.29, 1.82) is 0 Å². The second kappa shape index (κ2) is 10.7. The van der Waals surface area contributed by atoms with Crippen molar-refractivity contribution in [3.63, 3.8) is 0 Å². The molecule has 1 aliphatic rings. The van der Waals surface area contributed by atoms with E-state index in [0.717, 1.165) is 12.1 Å². The number of hydrogen-bond donors (Lipinski definition) is 2. The number of hydrogen-bond acceptors (Lipinski definition) is 3. The van der Waals surface area contributed by atoms with Crippen LogP contribution in [0.2, 0.25) is 0 Å². The van der Waals surface area contributed by atoms with Crippen molar-refractivity contribution in [3.8, 4) is 11.5 Å². The van der Waals surface area contributed by atoms with Crippen LogP contribution in [0.3, 0.4) is 0 Å². The lowest BCUT2D eigenvalue weighted by Gasteiger charge is -2.24. The van der Waals surface area contributed by atoms with Gasteiger partial charge in [-0.05, 0) is 48.6 Å². The summed E-state index contributed by atoms with van der Waals surface area (Å²) in [6.07, 6.45) is 7.30. The van der Waals surface area contributed by atoms with Gasteiger partial charge in [0, 0.05) is 24.3 Å². The molecule has 2 N–H and O–H groups in total. The van der Waals surface area contributed by atoms with Crippen LogP contribution in [-0.2, 0) is 17.9 Å². The number of ether oxygens (including phenoxy) is 2. The first-order chi connectivity index (χ1) is 14.2. The lowest BCUT2D eigenvalue weighted by atomic mass is 10.0. The first-order valence-electron chi connectivity index (χ1n) is 10.3. The lowest BCUT2D eigenvalue weighted by Crippen LogP contribution is -3.11. The lowest BCUT2D eigenvalue weighted by molar-refractivity contribution is -0.918. The van der Waals surface area contributed by atoms with Gasteiger partial charge in [-0.25, -0.2) is 0 Å². The molecule has 0 unspecified atom stereocenters. The SMILES string of the molecule is COc1cc(/C=C/C(=O)NCc2ccccc2C[NH+]2CCCCC2)cc(OC)c1. The largest absolute Gasteiger partial charge is 0.497 e. The van der Waals surface area contributed by atoms with Gasteiger partial charge in [0.25, 0.3) is 0 Å². The van der Waals surface area contributed by atoms with Gasteiger partial charge in [-0.15, -0.1) is 0 Å². The van der Waals surface area contributed by atoms with Crippen LogP contribution in [0, 0.1) is 0 Å². The number of nitrogens with one attached hydrogen (secondary N) is 2. The fourth-order valence-electron chi connectivity index (χ4n) is 3.74. The van der Waals surface area contributed by atoms with Crippen molar-refractivity contribution in [2.24, 2.45) is 0 Å². The zero-order valence-electron chi connectivity index (χ0n) is 17.4. The normalized spacial score (nSPS) is 14.7. The first kappa shape index (κ1) is 20.9. The summed E-state index contributed by atoms with van der Waals surface area (Å²) < 4.78 is 10.5. The molecule has 0 saturated carbocycles. The van der Waals surface area contributed by atoms with Crippen LogP contribution in [0.5, 0.6) is 11.5 Å². The van der Waals surface area contributed by atoms with E-state index in [0.29, 0.717) is 18.0 Å². The highest BCUT2D eigenvalue weighted by atomic mass is 16.5. The smallest absolute Gasteiger partial charge is 0.244 e. The van der Waals surface area contributed by atoms with Crippen molar-refractivity contribution in [3.05, 3.63) is 65.2 Å². The second-order valence-electron chi connectivity index (χ2n) is 7.45. The molecule has 0 bridgehead atoms. The molecule has 2 aromatic rings. The molecule has 1 amide bonds. The second-order valence-corrected chi connectivity index (χ2v) is 7.45. The molecule has 0 spiro atoms. The van der Waals surface area contributed by atoms with E-state index >= 15 is 0 Å². The predicted octanol–water partition coefficient (Wildman–Crippen LogP) is 2.60. The van der Waals surface area contributed by atoms with Gasteiger partial charge in [0.15, 0.2) is 0 Å². The minimum absolute atomic E-state index is 0.119. The van der Waals surface area contributed by atoms with Gasteiger partial charge in [-0.3, -0.25) is 4.79 Å². The average Bonchev–Trinajstić information content (AvgIpc) is 2.77. The van der Waals surface area contributed by atoms with Crippen LogP contribution in [0.25, 0.3) is 6.08 Å². The molecule has 0 atom stereocenters. The molecule has 1 saturated heterocycles. The maximum atomic E-state index is 12.3. The number of piperidine rings is 1. The summed E-state index contributed by atoms with van der Waals surface area (Å²) in [5.74, 6) is 1.27. The maximum Gasteiger partial charge on any atom is 0.244 e. The Balaban J connectivity index is 1.59. The number of methoxy groups -OCH3 is 2. The van der Waals surface area contributed by atoms with Crippen LogP contribution in [0.4, 0.5) is 0 Å². The van der Waals surface area contributed by atoms with E-state index in [2.05, 4.69) is 23.5 Å². The van der Waals surface area contributed by atoms with Gasteiger partial charge < -0.3 is 19.7 Å². The molecular weight excluding hydrogens is 364 g/mol. The Morgan fingerprint density at radius 3 is 2.31 bits per heavy atom. The summed E-state index contributed by atoms with van der Waals surface area (Å²) >= 11 is 0. The molecule has 0 radical (unpaired) electrons. The third-order valence-electron chi connectivity index (χ3n) is 5.37. The number of rotatable bonds is 8. The Kier molecular flexibility index (Phi) is 7.70. The summed E-state index contributed by atoms with van der Waals surface area (Å²) in [5, 5.41) is 3.01. The highest BCUT2D eigenvalue weighted by molar-refractivity contribution is 5.91. The molecule has 0 aliphatic carbocycles. The Morgan fingerprint density at radius 2 is 1.66 bits per heavy atom. The zero-order chi connectivity index (χ0) is 20.5. The molecule has 1 fully saturated rings. The van der Waals surface area contributed by atoms with Gasteiger partial charge in [0.05, 0.1) is 27.3 Å². The van der Waals surface area contributed by atoms with Gasteiger partial charge in [-0.2, -0.15) is 0 Å². The van der Waals surface area contributed by atoms with Crippen molar-refractivity contribution in [1.82, 2.24) is 5.32 Å². The minimum atomic E-state index is -0.119. The fraction of sp³-hybridized carbons (Fsp3) is 0.375. The maximum absolute atomic E-state index is 12.3. The summed E-state index contributed by atoms with van der Waals surface area (Å²) in [4.78, 5) is 14.0. The van der Waals surface area contributed by atoms with E-state index in [4.69, 9.17) is 9.47 Å². The zero-order valence-corrected chi connectivity index (χ0v) is 17.4. The number of carbonyl (C=O) groups is 1. The highest BCUT2D eigenvalue weighted by Gasteiger charge is 2.15. The summed E-state index contributed by atoms with van der Waals surface area (Å²) in [6.45, 7) is 4.06. The minimum Gasteiger partial charge on any atom is -0.497 e. The van der Waals surface area contributed by atoms with Gasteiger partial charge in [-0.1, -0.05) is 24.3 Å². The standard InChI is InChI=1S/C24H30N2O3/c1-28-22-14-19(15-23(16-22)29-2)10-11-24(27)25-17-20-8-4-5-9-21(20)18-26-12-6-3-7-13-26/h4-5,8-11,14-16H,3,6-7,12-13,17-18H2,1-2H3,(H,25,27)/p+1/b11-10+. The van der Waals surface area contributed by atoms with Crippen molar-refractivity contribution >= 4 is 12.0 Å². The molecule has 2 aromatic carbocycles. The Morgan fingerprint density at radius 1 is 1.00 bits per heavy atom. The molecule has 3 rings (SSSR count). The summed E-state index contributed by atoms with van der Waals surface area (Å²) in [6, 6.07) is 13.9. The van der Waals surface area contributed by atoms with Crippen LogP contribution >= 0.6 is 0 Å². The average molecular weight is 396 g/mol. The van der Waals surface area contributed by atoms with E-state index in [1.807, 2.05) is 18.2 Å². The predicted molar refractivity (Wildman–Crippen MR) is 115 cm³/mol. The highest BCUT2D eigenvalue weighted by Crippen LogP contribution is 2.23. The van der Waals surface area contributed by atoms with Crippen molar-refractivity contribution < 1.29 is 19.2 Å². The first-order valence-corrected chi connectivity index (χ1v) is 10.3. The van der Waals surface area contributed by atoms with Crippen LogP contribution < -0.4 is 19.7 Å².